The van der Waals surface area contributed by atoms with Crippen molar-refractivity contribution >= 4 is 12.2 Å². The molecule has 0 heterocycles. The number of rotatable bonds is 4. The van der Waals surface area contributed by atoms with E-state index in [-0.39, 0.29) is 18.2 Å². The molecule has 0 fully saturated rings. The lowest BCUT2D eigenvalue weighted by molar-refractivity contribution is 0.113. The molecule has 0 aliphatic heterocycles. The van der Waals surface area contributed by atoms with Crippen LogP contribution in [0.25, 0.3) is 0 Å². The van der Waals surface area contributed by atoms with Crippen molar-refractivity contribution in [1.29, 1.82) is 0 Å². The minimum atomic E-state index is -3.33. The maximum absolute atomic E-state index is 15.0. The smallest absolute Gasteiger partial charge is 0.263 e. The normalized spacial score (nSPS) is 29.8. The third kappa shape index (κ3) is 3.92. The maximum Gasteiger partial charge on any atom is 0.263 e. The van der Waals surface area contributed by atoms with E-state index < -0.39 is 93.3 Å². The number of hydrogen-bond acceptors (Lipinski definition) is 1. The molecule has 2 aliphatic rings. The molecule has 0 saturated heterocycles. The van der Waals surface area contributed by atoms with E-state index in [1.807, 2.05) is 0 Å². The molecule has 2 aliphatic carbocycles. The van der Waals surface area contributed by atoms with Gasteiger partial charge in [0.1, 0.15) is 29.1 Å². The van der Waals surface area contributed by atoms with Gasteiger partial charge < -0.3 is 4.74 Å². The highest BCUT2D eigenvalue weighted by Gasteiger charge is 2.52. The number of halogens is 11. The maximum atomic E-state index is 15.0. The molecule has 0 saturated carbocycles. The number of alkyl halides is 4. The fourth-order valence-corrected chi connectivity index (χ4v) is 3.82. The van der Waals surface area contributed by atoms with Crippen LogP contribution >= 0.6 is 0 Å². The number of methoxy groups -OCH3 is 1. The van der Waals surface area contributed by atoms with Crippen LogP contribution in [0.15, 0.2) is 52.5 Å². The number of benzene rings is 1. The molecule has 4 unspecified atom stereocenters. The Morgan fingerprint density at radius 2 is 1.18 bits per heavy atom. The molecule has 13 heteroatoms. The predicted octanol–water partition coefficient (Wildman–Crippen LogP) is 6.21. The van der Waals surface area contributed by atoms with Crippen LogP contribution in [-0.2, 0) is 0 Å². The van der Waals surface area contributed by atoms with E-state index in [0.29, 0.717) is 21.0 Å². The standard InChI is InChI=1S/C21H14BF11O/c1-20(32)5-9(25)12(15(28)18(20)30)22(11-7(23)4-8(24)17(34-3)14(11)27)13-10(26)6-21(2,33)19(31)16(13)29/h4-6,18-19H,1-3H3. The van der Waals surface area contributed by atoms with Gasteiger partial charge in [-0.25, -0.2) is 48.3 Å². The third-order valence-electron chi connectivity index (χ3n) is 5.52. The first-order valence-corrected chi connectivity index (χ1v) is 9.50. The molecule has 0 spiro atoms. The molecule has 0 amide bonds. The summed E-state index contributed by atoms with van der Waals surface area (Å²) in [6.45, 7) is -2.22. The summed E-state index contributed by atoms with van der Waals surface area (Å²) in [4.78, 5) is 0. The largest absolute Gasteiger partial charge is 0.491 e. The molecule has 4 atom stereocenters. The minimum absolute atomic E-state index is 0.0749. The van der Waals surface area contributed by atoms with Crippen LogP contribution in [0.1, 0.15) is 13.8 Å². The molecule has 0 aromatic heterocycles. The van der Waals surface area contributed by atoms with Crippen molar-refractivity contribution in [2.24, 2.45) is 0 Å². The lowest BCUT2D eigenvalue weighted by Gasteiger charge is -2.32. The van der Waals surface area contributed by atoms with Gasteiger partial charge in [0.05, 0.1) is 7.11 Å². The Hall–Kier alpha value is -2.73. The van der Waals surface area contributed by atoms with E-state index >= 15 is 4.39 Å². The molecule has 1 aromatic rings. The van der Waals surface area contributed by atoms with Gasteiger partial charge in [-0.1, -0.05) is 0 Å². The average molecular weight is 502 g/mol. The van der Waals surface area contributed by atoms with Crippen LogP contribution < -0.4 is 10.2 Å². The van der Waals surface area contributed by atoms with Crippen LogP contribution in [-0.4, -0.2) is 37.5 Å². The van der Waals surface area contributed by atoms with Crippen LogP contribution in [0.5, 0.6) is 5.75 Å². The van der Waals surface area contributed by atoms with E-state index in [1.54, 1.807) is 0 Å². The quantitative estimate of drug-likeness (QED) is 0.352. The fraction of sp³-hybridized carbons (Fsp3) is 0.333. The molecule has 0 bridgehead atoms. The molecule has 1 aromatic carbocycles. The van der Waals surface area contributed by atoms with E-state index in [2.05, 4.69) is 4.74 Å². The van der Waals surface area contributed by atoms with E-state index in [0.717, 1.165) is 0 Å². The van der Waals surface area contributed by atoms with Gasteiger partial charge in [0.15, 0.2) is 41.1 Å². The van der Waals surface area contributed by atoms with Crippen molar-refractivity contribution in [3.05, 3.63) is 69.9 Å². The van der Waals surface area contributed by atoms with Gasteiger partial charge in [0, 0.05) is 22.5 Å². The van der Waals surface area contributed by atoms with Crippen LogP contribution in [0.4, 0.5) is 48.3 Å². The molecule has 3 rings (SSSR count). The molecule has 0 radical (unpaired) electrons. The molecule has 0 N–H and O–H groups in total. The van der Waals surface area contributed by atoms with Crippen LogP contribution in [0, 0.1) is 17.5 Å². The Morgan fingerprint density at radius 3 is 1.56 bits per heavy atom. The zero-order chi connectivity index (χ0) is 25.9. The molecular weight excluding hydrogens is 488 g/mol. The van der Waals surface area contributed by atoms with Crippen molar-refractivity contribution in [2.75, 3.05) is 7.11 Å². The second-order valence-corrected chi connectivity index (χ2v) is 8.07. The van der Waals surface area contributed by atoms with Gasteiger partial charge in [-0.15, -0.1) is 0 Å². The predicted molar refractivity (Wildman–Crippen MR) is 102 cm³/mol. The SMILES string of the molecule is COc1c(F)cc(F)c(B(C2=C(F)C(F)C(C)(F)C=C2F)C2=C(F)C(F)C(C)(F)C=C2F)c1F. The minimum Gasteiger partial charge on any atom is -0.491 e. The van der Waals surface area contributed by atoms with E-state index in [4.69, 9.17) is 0 Å². The first-order valence-electron chi connectivity index (χ1n) is 9.50. The first kappa shape index (κ1) is 25.9. The van der Waals surface area contributed by atoms with Gasteiger partial charge in [0.25, 0.3) is 6.71 Å². The Labute approximate surface area is 186 Å². The summed E-state index contributed by atoms with van der Waals surface area (Å²) in [6.07, 6.45) is -6.95. The molecule has 34 heavy (non-hydrogen) atoms. The van der Waals surface area contributed by atoms with Gasteiger partial charge >= 0.3 is 0 Å². The Kier molecular flexibility index (Phi) is 6.47. The van der Waals surface area contributed by atoms with Crippen molar-refractivity contribution in [1.82, 2.24) is 0 Å². The van der Waals surface area contributed by atoms with Crippen molar-refractivity contribution < 1.29 is 53.0 Å². The summed E-state index contributed by atoms with van der Waals surface area (Å²) >= 11 is 0. The zero-order valence-electron chi connectivity index (χ0n) is 17.5. The average Bonchev–Trinajstić information content (AvgIpc) is 2.69. The second-order valence-electron chi connectivity index (χ2n) is 8.07. The topological polar surface area (TPSA) is 9.23 Å². The van der Waals surface area contributed by atoms with Gasteiger partial charge in [-0.05, 0) is 26.0 Å². The Bertz CT molecular complexity index is 1110. The summed E-state index contributed by atoms with van der Waals surface area (Å²) in [5.74, 6) is -15.9. The van der Waals surface area contributed by atoms with E-state index in [1.165, 1.54) is 0 Å². The Balaban J connectivity index is 2.47. The third-order valence-corrected chi connectivity index (χ3v) is 5.52. The van der Waals surface area contributed by atoms with E-state index in [9.17, 15) is 43.9 Å². The zero-order valence-corrected chi connectivity index (χ0v) is 17.5. The van der Waals surface area contributed by atoms with Crippen LogP contribution in [0.3, 0.4) is 0 Å². The highest BCUT2D eigenvalue weighted by Crippen LogP contribution is 2.45. The highest BCUT2D eigenvalue weighted by atomic mass is 19.2. The Morgan fingerprint density at radius 1 is 0.765 bits per heavy atom. The lowest BCUT2D eigenvalue weighted by Crippen LogP contribution is -2.47. The van der Waals surface area contributed by atoms with Gasteiger partial charge in [0.2, 0.25) is 0 Å². The van der Waals surface area contributed by atoms with Crippen molar-refractivity contribution in [2.45, 2.75) is 37.5 Å². The number of ether oxygens (including phenoxy) is 1. The summed E-state index contributed by atoms with van der Waals surface area (Å²) in [6, 6.07) is -0.0749. The second kappa shape index (κ2) is 8.49. The van der Waals surface area contributed by atoms with Gasteiger partial charge in [-0.3, -0.25) is 0 Å². The molecule has 184 valence electrons. The van der Waals surface area contributed by atoms with Crippen molar-refractivity contribution in [3.8, 4) is 5.75 Å². The van der Waals surface area contributed by atoms with Crippen LogP contribution in [0.2, 0.25) is 0 Å². The first-order chi connectivity index (χ1) is 15.6. The fourth-order valence-electron chi connectivity index (χ4n) is 3.82. The van der Waals surface area contributed by atoms with Gasteiger partial charge in [-0.2, -0.15) is 0 Å². The number of allylic oxidation sites excluding steroid dienone is 8. The highest BCUT2D eigenvalue weighted by molar-refractivity contribution is 6.87. The molecule has 1 nitrogen and oxygen atoms in total. The summed E-state index contributed by atoms with van der Waals surface area (Å²) in [7, 11) is 0.693. The van der Waals surface area contributed by atoms with Crippen molar-refractivity contribution in [3.63, 3.8) is 0 Å². The monoisotopic (exact) mass is 502 g/mol. The molecular formula is C21H14BF11O. The summed E-state index contributed by atoms with van der Waals surface area (Å²) in [5, 5.41) is 0. The summed E-state index contributed by atoms with van der Waals surface area (Å²) in [5.41, 5.74) is -12.0. The lowest BCUT2D eigenvalue weighted by atomic mass is 9.33. The summed E-state index contributed by atoms with van der Waals surface area (Å²) < 4.78 is 165. The number of hydrogen-bond donors (Lipinski definition) is 0.